The fourth-order valence-electron chi connectivity index (χ4n) is 11.4. The number of H-pyrrole nitrogens is 2. The number of ether oxygens (including phenoxy) is 2. The molecule has 9 rings (SSSR count). The van der Waals surface area contributed by atoms with Crippen molar-refractivity contribution in [1.29, 1.82) is 0 Å². The number of likely N-dealkylation sites (N-methyl/N-ethyl adjacent to an activating group) is 5. The summed E-state index contributed by atoms with van der Waals surface area (Å²) in [4.78, 5) is 37.6. The molecule has 1 unspecified atom stereocenters. The minimum atomic E-state index is -0.519. The summed E-state index contributed by atoms with van der Waals surface area (Å²) in [7, 11) is 9.98. The Hall–Kier alpha value is -8.84. The van der Waals surface area contributed by atoms with Gasteiger partial charge in [-0.05, 0) is 140 Å². The van der Waals surface area contributed by atoms with Crippen LogP contribution in [0.3, 0.4) is 0 Å². The number of nitrogens with one attached hydrogen (secondary N) is 3. The number of nitrogens with two attached hydrogens (primary N) is 4. The maximum atomic E-state index is 14.4. The molecule has 0 radical (unpaired) electrons. The molecule has 0 bridgehead atoms. The first-order valence-corrected chi connectivity index (χ1v) is 31.2. The second-order valence-electron chi connectivity index (χ2n) is 23.6. The number of amides is 2. The Balaban J connectivity index is 0.921. The minimum absolute atomic E-state index is 0.131. The molecule has 4 aromatic heterocycles. The van der Waals surface area contributed by atoms with Crippen molar-refractivity contribution in [3.8, 4) is 68.0 Å². The highest BCUT2D eigenvalue weighted by Gasteiger charge is 2.24. The van der Waals surface area contributed by atoms with Crippen molar-refractivity contribution in [3.05, 3.63) is 178 Å². The fraction of sp³-hybridized carbons (Fsp3) is 0.362. The van der Waals surface area contributed by atoms with Gasteiger partial charge in [-0.1, -0.05) is 30.3 Å². The summed E-state index contributed by atoms with van der Waals surface area (Å²) in [6, 6.07) is 35.3. The SMILES string of the molecule is CCNC(=O)c1cccc(-c2n[nH]c(CCN(C)C(=O)c3cccc(-c4nn(C(C)Oc5c(C)cc(-c6nn(-c7cccc(Oc8ccc(-c9n[nH]cc9CN(C)CCN)cc8)c7)cc6CN(C)CCN)cc5C)cc4CN(C)CCN)c3)c2CN(C)CCN)c1. The van der Waals surface area contributed by atoms with E-state index in [9.17, 15) is 9.59 Å². The van der Waals surface area contributed by atoms with Crippen molar-refractivity contribution < 1.29 is 19.1 Å². The van der Waals surface area contributed by atoms with Crippen LogP contribution in [0.25, 0.3) is 50.7 Å². The van der Waals surface area contributed by atoms with Crippen molar-refractivity contribution in [2.24, 2.45) is 22.9 Å². The Morgan fingerprint density at radius 1 is 0.593 bits per heavy atom. The Kier molecular flexibility index (Phi) is 22.9. The van der Waals surface area contributed by atoms with Gasteiger partial charge in [0.25, 0.3) is 11.8 Å². The topological polar surface area (TPSA) is 278 Å². The van der Waals surface area contributed by atoms with E-state index >= 15 is 0 Å². The molecular formula is C69H90N18O4. The molecule has 480 valence electrons. The van der Waals surface area contributed by atoms with Gasteiger partial charge in [-0.2, -0.15) is 20.4 Å². The lowest BCUT2D eigenvalue weighted by molar-refractivity contribution is 0.0795. The maximum absolute atomic E-state index is 14.4. The number of carbonyl (C=O) groups excluding carboxylic acids is 2. The predicted octanol–water partition coefficient (Wildman–Crippen LogP) is 7.82. The van der Waals surface area contributed by atoms with E-state index in [1.165, 1.54) is 0 Å². The first-order valence-electron chi connectivity index (χ1n) is 31.2. The monoisotopic (exact) mass is 1230 g/mol. The van der Waals surface area contributed by atoms with E-state index in [0.29, 0.717) is 101 Å². The highest BCUT2D eigenvalue weighted by molar-refractivity contribution is 5.96. The van der Waals surface area contributed by atoms with Crippen LogP contribution in [-0.2, 0) is 32.6 Å². The van der Waals surface area contributed by atoms with Crippen molar-refractivity contribution >= 4 is 11.8 Å². The van der Waals surface area contributed by atoms with Crippen molar-refractivity contribution in [3.63, 3.8) is 0 Å². The average molecular weight is 1240 g/mol. The number of rotatable bonds is 32. The van der Waals surface area contributed by atoms with E-state index in [1.54, 1.807) is 11.0 Å². The van der Waals surface area contributed by atoms with E-state index in [0.717, 1.165) is 115 Å². The average Bonchev–Trinajstić information content (AvgIpc) is 1.74. The number of hydrogen-bond donors (Lipinski definition) is 7. The van der Waals surface area contributed by atoms with Crippen LogP contribution in [-0.4, -0.2) is 177 Å². The number of nitrogens with zero attached hydrogens (tertiary/aromatic N) is 11. The van der Waals surface area contributed by atoms with Gasteiger partial charge in [0.2, 0.25) is 0 Å². The third-order valence-corrected chi connectivity index (χ3v) is 16.1. The molecule has 0 aliphatic rings. The Morgan fingerprint density at radius 2 is 1.18 bits per heavy atom. The lowest BCUT2D eigenvalue weighted by atomic mass is 10.0. The van der Waals surface area contributed by atoms with Crippen LogP contribution in [0.5, 0.6) is 17.2 Å². The lowest BCUT2D eigenvalue weighted by Crippen LogP contribution is -2.29. The number of aryl methyl sites for hydroxylation is 2. The van der Waals surface area contributed by atoms with Crippen LogP contribution in [0.2, 0.25) is 0 Å². The largest absolute Gasteiger partial charge is 0.468 e. The second kappa shape index (κ2) is 31.3. The summed E-state index contributed by atoms with van der Waals surface area (Å²) in [5.41, 5.74) is 39.5. The highest BCUT2D eigenvalue weighted by Crippen LogP contribution is 2.36. The molecule has 0 saturated carbocycles. The molecule has 0 aliphatic heterocycles. The molecule has 0 saturated heterocycles. The molecule has 11 N–H and O–H groups in total. The van der Waals surface area contributed by atoms with Gasteiger partial charge in [-0.25, -0.2) is 9.36 Å². The van der Waals surface area contributed by atoms with Gasteiger partial charge in [0.15, 0.2) is 6.23 Å². The third-order valence-electron chi connectivity index (χ3n) is 16.1. The number of aromatic amines is 2. The van der Waals surface area contributed by atoms with Crippen molar-refractivity contribution in [1.82, 2.24) is 69.8 Å². The van der Waals surface area contributed by atoms with Gasteiger partial charge in [0.05, 0.1) is 28.5 Å². The van der Waals surface area contributed by atoms with E-state index < -0.39 is 6.23 Å². The van der Waals surface area contributed by atoms with Crippen LogP contribution < -0.4 is 37.7 Å². The Morgan fingerprint density at radius 3 is 1.82 bits per heavy atom. The van der Waals surface area contributed by atoms with Gasteiger partial charge in [0.1, 0.15) is 17.2 Å². The van der Waals surface area contributed by atoms with Gasteiger partial charge >= 0.3 is 0 Å². The number of hydrogen-bond acceptors (Lipinski definition) is 16. The number of benzene rings is 5. The van der Waals surface area contributed by atoms with Crippen molar-refractivity contribution in [2.75, 3.05) is 101 Å². The molecule has 22 nitrogen and oxygen atoms in total. The zero-order chi connectivity index (χ0) is 64.7. The molecule has 22 heteroatoms. The van der Waals surface area contributed by atoms with Gasteiger partial charge in [-0.15, -0.1) is 0 Å². The minimum Gasteiger partial charge on any atom is -0.468 e. The van der Waals surface area contributed by atoms with Crippen LogP contribution in [0.15, 0.2) is 128 Å². The van der Waals surface area contributed by atoms with Crippen LogP contribution >= 0.6 is 0 Å². The Bertz CT molecular complexity index is 3840. The summed E-state index contributed by atoms with van der Waals surface area (Å²) < 4.78 is 17.1. The molecule has 0 aliphatic carbocycles. The van der Waals surface area contributed by atoms with E-state index in [1.807, 2.05) is 148 Å². The van der Waals surface area contributed by atoms with Crippen molar-refractivity contribution in [2.45, 2.75) is 66.5 Å². The quantitative estimate of drug-likeness (QED) is 0.0212. The molecule has 5 aromatic carbocycles. The molecule has 0 fully saturated rings. The molecule has 9 aromatic rings. The molecule has 1 atom stereocenters. The summed E-state index contributed by atoms with van der Waals surface area (Å²) in [5.74, 6) is 1.85. The predicted molar refractivity (Wildman–Crippen MR) is 360 cm³/mol. The normalized spacial score (nSPS) is 12.0. The molecule has 0 spiro atoms. The lowest BCUT2D eigenvalue weighted by Gasteiger charge is -2.20. The molecular weight excluding hydrogens is 1140 g/mol. The van der Waals surface area contributed by atoms with Crippen LogP contribution in [0, 0.1) is 13.8 Å². The first kappa shape index (κ1) is 66.6. The highest BCUT2D eigenvalue weighted by atomic mass is 16.5. The van der Waals surface area contributed by atoms with Crippen LogP contribution in [0.4, 0.5) is 0 Å². The number of carbonyl (C=O) groups is 2. The summed E-state index contributed by atoms with van der Waals surface area (Å²) in [6.45, 7) is 16.4. The molecule has 2 amide bonds. The Labute approximate surface area is 534 Å². The smallest absolute Gasteiger partial charge is 0.253 e. The summed E-state index contributed by atoms with van der Waals surface area (Å²) in [5, 5.41) is 28.9. The van der Waals surface area contributed by atoms with Gasteiger partial charge in [-0.3, -0.25) is 19.8 Å². The summed E-state index contributed by atoms with van der Waals surface area (Å²) in [6.07, 6.45) is 6.05. The molecule has 4 heterocycles. The van der Waals surface area contributed by atoms with E-state index in [4.69, 9.17) is 47.7 Å². The molecule has 91 heavy (non-hydrogen) atoms. The van der Waals surface area contributed by atoms with Crippen LogP contribution in [0.1, 0.15) is 79.9 Å². The second-order valence-corrected chi connectivity index (χ2v) is 23.6. The standard InChI is InChI=1S/C69H90N18O4/c1-10-74-68(88)52-16-11-15-51(36-52)66-61(45-84(8)33-28-73)62(76-78-66)24-29-85(9)69(89)53-17-12-14-50(37-53)64-56(41-82(6)31-26-71)43-86(79-64)48(4)90-67-46(2)34-54(35-47(67)3)65-57(42-83(7)32-27-72)44-87(80-65)58-18-13-19-60(38-58)91-59-22-20-49(21-23-59)63-55(39-75-77-63)40-81(5)30-25-70/h11-23,34-39,43-44,48H,10,24-33,40-42,45,70-73H2,1-9H3,(H,74,88)(H,75,77)(H,76,78). The zero-order valence-corrected chi connectivity index (χ0v) is 54.2. The maximum Gasteiger partial charge on any atom is 0.253 e. The van der Waals surface area contributed by atoms with Gasteiger partial charge < -0.3 is 62.2 Å². The third kappa shape index (κ3) is 16.8. The number of aromatic nitrogens is 8. The summed E-state index contributed by atoms with van der Waals surface area (Å²) >= 11 is 0. The van der Waals surface area contributed by atoms with Gasteiger partial charge in [0, 0.05) is 191 Å². The zero-order valence-electron chi connectivity index (χ0n) is 54.2. The van der Waals surface area contributed by atoms with E-state index in [-0.39, 0.29) is 11.8 Å². The first-order chi connectivity index (χ1) is 44.0. The van der Waals surface area contributed by atoms with E-state index in [2.05, 4.69) is 86.5 Å². The fourth-order valence-corrected chi connectivity index (χ4v) is 11.4.